The van der Waals surface area contributed by atoms with Gasteiger partial charge in [-0.05, 0) is 60.4 Å². The van der Waals surface area contributed by atoms with Gasteiger partial charge in [-0.25, -0.2) is 9.37 Å². The van der Waals surface area contributed by atoms with Gasteiger partial charge in [0.2, 0.25) is 5.72 Å². The van der Waals surface area contributed by atoms with Crippen molar-refractivity contribution in [3.05, 3.63) is 123 Å². The fourth-order valence-corrected chi connectivity index (χ4v) is 6.50. The molecule has 45 heavy (non-hydrogen) atoms. The molecule has 1 amide bonds. The normalized spacial score (nSPS) is 21.4. The van der Waals surface area contributed by atoms with Crippen molar-refractivity contribution in [2.75, 3.05) is 19.8 Å². The average Bonchev–Trinajstić information content (AvgIpc) is 3.79. The highest BCUT2D eigenvalue weighted by atomic mass is 35.5. The molecule has 0 saturated carbocycles. The van der Waals surface area contributed by atoms with Crippen molar-refractivity contribution in [1.82, 2.24) is 14.5 Å². The van der Waals surface area contributed by atoms with Crippen LogP contribution < -0.4 is 0 Å². The fraction of sp³-hybridized carbons (Fsp3) is 0.324. The molecule has 0 radical (unpaired) electrons. The Morgan fingerprint density at radius 3 is 2.56 bits per heavy atom. The van der Waals surface area contributed by atoms with Crippen molar-refractivity contribution in [3.8, 4) is 6.07 Å². The highest BCUT2D eigenvalue weighted by Gasteiger charge is 2.58. The lowest BCUT2D eigenvalue weighted by atomic mass is 9.84. The Bertz CT molecular complexity index is 1770. The van der Waals surface area contributed by atoms with Gasteiger partial charge in [0.25, 0.3) is 5.91 Å². The van der Waals surface area contributed by atoms with E-state index in [4.69, 9.17) is 21.1 Å². The molecule has 0 aliphatic carbocycles. The summed E-state index contributed by atoms with van der Waals surface area (Å²) in [4.78, 5) is 20.4. The molecule has 3 aromatic carbocycles. The zero-order valence-corrected chi connectivity index (χ0v) is 25.5. The Morgan fingerprint density at radius 1 is 1.24 bits per heavy atom. The van der Waals surface area contributed by atoms with E-state index >= 15 is 4.39 Å². The molecule has 11 heteroatoms. The number of hydrogen-bond donors (Lipinski definition) is 2. The molecule has 0 spiro atoms. The Balaban J connectivity index is 1.63. The van der Waals surface area contributed by atoms with E-state index in [1.807, 2.05) is 0 Å². The number of nitriles is 1. The molecule has 4 aromatic rings. The minimum Gasteiger partial charge on any atom is -0.394 e. The summed E-state index contributed by atoms with van der Waals surface area (Å²) in [5.41, 5.74) is -1.82. The smallest absolute Gasteiger partial charge is 0.257 e. The first-order chi connectivity index (χ1) is 21.7. The van der Waals surface area contributed by atoms with Crippen molar-refractivity contribution in [2.24, 2.45) is 7.05 Å². The lowest BCUT2D eigenvalue weighted by Gasteiger charge is -2.44. The van der Waals surface area contributed by atoms with E-state index in [2.05, 4.69) is 11.1 Å². The quantitative estimate of drug-likeness (QED) is 0.269. The van der Waals surface area contributed by atoms with Gasteiger partial charge in [0.05, 0.1) is 60.1 Å². The van der Waals surface area contributed by atoms with Gasteiger partial charge in [-0.15, -0.1) is 0 Å². The molecule has 4 atom stereocenters. The molecule has 6 rings (SSSR count). The van der Waals surface area contributed by atoms with Crippen LogP contribution in [0.1, 0.15) is 69.7 Å². The summed E-state index contributed by atoms with van der Waals surface area (Å²) < 4.78 is 31.0. The first-order valence-corrected chi connectivity index (χ1v) is 15.1. The number of imidazole rings is 1. The number of rotatable bonds is 9. The summed E-state index contributed by atoms with van der Waals surface area (Å²) in [5.74, 6) is -1.38. The van der Waals surface area contributed by atoms with E-state index in [1.165, 1.54) is 17.0 Å². The van der Waals surface area contributed by atoms with Crippen LogP contribution in [0.3, 0.4) is 0 Å². The third kappa shape index (κ3) is 5.11. The molecule has 232 valence electrons. The van der Waals surface area contributed by atoms with Gasteiger partial charge >= 0.3 is 0 Å². The van der Waals surface area contributed by atoms with E-state index in [-0.39, 0.29) is 29.7 Å². The van der Waals surface area contributed by atoms with Crippen molar-refractivity contribution in [1.29, 1.82) is 5.26 Å². The second kappa shape index (κ2) is 12.0. The lowest BCUT2D eigenvalue weighted by Crippen LogP contribution is -2.51. The van der Waals surface area contributed by atoms with Crippen molar-refractivity contribution >= 4 is 17.5 Å². The maximum absolute atomic E-state index is 16.9. The molecular weight excluding hydrogens is 599 g/mol. The van der Waals surface area contributed by atoms with E-state index in [1.54, 1.807) is 79.6 Å². The maximum atomic E-state index is 16.9. The number of nitrogens with zero attached hydrogens (tertiary/aromatic N) is 4. The summed E-state index contributed by atoms with van der Waals surface area (Å²) in [6.07, 6.45) is 3.34. The minimum atomic E-state index is -1.85. The molecule has 0 bridgehead atoms. The van der Waals surface area contributed by atoms with E-state index in [9.17, 15) is 20.3 Å². The molecule has 1 saturated heterocycles. The third-order valence-electron chi connectivity index (χ3n) is 8.71. The number of halogens is 2. The zero-order valence-electron chi connectivity index (χ0n) is 24.8. The number of aryl methyl sites for hydroxylation is 1. The molecule has 9 nitrogen and oxygen atoms in total. The summed E-state index contributed by atoms with van der Waals surface area (Å²) in [6, 6.07) is 16.9. The van der Waals surface area contributed by atoms with Gasteiger partial charge in [-0.2, -0.15) is 5.26 Å². The Morgan fingerprint density at radius 2 is 1.98 bits per heavy atom. The zero-order chi connectivity index (χ0) is 31.9. The number of aliphatic hydroxyl groups is 2. The summed E-state index contributed by atoms with van der Waals surface area (Å²) >= 11 is 6.27. The van der Waals surface area contributed by atoms with Gasteiger partial charge < -0.3 is 24.3 Å². The monoisotopic (exact) mass is 630 g/mol. The van der Waals surface area contributed by atoms with Crippen LogP contribution in [0.4, 0.5) is 4.39 Å². The number of carbonyl (C=O) groups excluding carboxylic acids is 1. The molecule has 3 heterocycles. The summed E-state index contributed by atoms with van der Waals surface area (Å²) in [5, 5.41) is 32.6. The van der Waals surface area contributed by atoms with Crippen LogP contribution in [-0.4, -0.2) is 56.5 Å². The highest BCUT2D eigenvalue weighted by molar-refractivity contribution is 6.30. The molecule has 1 aromatic heterocycles. The van der Waals surface area contributed by atoms with Gasteiger partial charge in [-0.3, -0.25) is 9.69 Å². The molecule has 1 unspecified atom stereocenters. The molecule has 2 aliphatic rings. The van der Waals surface area contributed by atoms with E-state index < -0.39 is 41.8 Å². The van der Waals surface area contributed by atoms with Gasteiger partial charge in [-0.1, -0.05) is 42.8 Å². The fourth-order valence-electron chi connectivity index (χ4n) is 6.38. The standard InChI is InChI=1S/C34H32ClFN4O5/c1-3-33(43,30-17-39(2)20-38-30)24-14-27-31(28(36)15-24)34(45-26-12-13-44-19-26,23-8-10-25(35)11-9-23)40(32(27)42)29(18-41)22-6-4-21(16-37)5-7-22/h4-11,14-15,17,20,26,29,41,43H,3,12-13,18-19H2,1-2H3/t26-,29-,33?,34+/m0/s1. The SMILES string of the molecule is CCC(O)(c1cc(F)c2c(c1)C(=O)N([C@@H](CO)c1ccc(C#N)cc1)[C@@]2(O[C@H]1CCOC1)c1ccc(Cl)cc1)c1cn(C)cn1. The van der Waals surface area contributed by atoms with Crippen LogP contribution in [0.15, 0.2) is 73.2 Å². The predicted octanol–water partition coefficient (Wildman–Crippen LogP) is 4.93. The summed E-state index contributed by atoms with van der Waals surface area (Å²) in [7, 11) is 1.76. The first kappa shape index (κ1) is 30.9. The average molecular weight is 631 g/mol. The van der Waals surface area contributed by atoms with Crippen LogP contribution in [0.2, 0.25) is 5.02 Å². The highest BCUT2D eigenvalue weighted by Crippen LogP contribution is 2.52. The van der Waals surface area contributed by atoms with Crippen LogP contribution >= 0.6 is 11.6 Å². The van der Waals surface area contributed by atoms with Crippen molar-refractivity contribution < 1.29 is 28.9 Å². The second-order valence-corrected chi connectivity index (χ2v) is 11.8. The number of fused-ring (bicyclic) bond motifs is 1. The Kier molecular flexibility index (Phi) is 8.24. The predicted molar refractivity (Wildman–Crippen MR) is 163 cm³/mol. The van der Waals surface area contributed by atoms with Crippen LogP contribution in [-0.2, 0) is 27.8 Å². The van der Waals surface area contributed by atoms with Gasteiger partial charge in [0.15, 0.2) is 0 Å². The first-order valence-electron chi connectivity index (χ1n) is 14.7. The van der Waals surface area contributed by atoms with Crippen LogP contribution in [0, 0.1) is 17.1 Å². The maximum Gasteiger partial charge on any atom is 0.257 e. The van der Waals surface area contributed by atoms with E-state index in [0.717, 1.165) is 0 Å². The van der Waals surface area contributed by atoms with Crippen LogP contribution in [0.5, 0.6) is 0 Å². The number of aliphatic hydroxyl groups excluding tert-OH is 1. The van der Waals surface area contributed by atoms with Crippen molar-refractivity contribution in [2.45, 2.75) is 43.2 Å². The van der Waals surface area contributed by atoms with Crippen molar-refractivity contribution in [3.63, 3.8) is 0 Å². The summed E-state index contributed by atoms with van der Waals surface area (Å²) in [6.45, 7) is 1.87. The number of hydrogen-bond acceptors (Lipinski definition) is 7. The molecule has 2 aliphatic heterocycles. The number of carbonyl (C=O) groups is 1. The Labute approximate surface area is 265 Å². The van der Waals surface area contributed by atoms with Crippen LogP contribution in [0.25, 0.3) is 0 Å². The number of amides is 1. The number of ether oxygens (including phenoxy) is 2. The number of benzene rings is 3. The molecular formula is C34H32ClFN4O5. The van der Waals surface area contributed by atoms with E-state index in [0.29, 0.717) is 40.4 Å². The molecule has 2 N–H and O–H groups in total. The largest absolute Gasteiger partial charge is 0.394 e. The Hall–Kier alpha value is -4.11. The van der Waals surface area contributed by atoms with Gasteiger partial charge in [0.1, 0.15) is 11.4 Å². The molecule has 1 fully saturated rings. The van der Waals surface area contributed by atoms with Gasteiger partial charge in [0, 0.05) is 30.4 Å². The topological polar surface area (TPSA) is 121 Å². The number of aromatic nitrogens is 2. The minimum absolute atomic E-state index is 0.0197. The third-order valence-corrected chi connectivity index (χ3v) is 8.96. The lowest BCUT2D eigenvalue weighted by molar-refractivity contribution is -0.161. The second-order valence-electron chi connectivity index (χ2n) is 11.4.